The molecule has 0 N–H and O–H groups in total. The van der Waals surface area contributed by atoms with Gasteiger partial charge in [0, 0.05) is 0 Å². The number of benzene rings is 1. The molecule has 0 saturated heterocycles. The first-order chi connectivity index (χ1) is 9.70. The van der Waals surface area contributed by atoms with Gasteiger partial charge in [0.2, 0.25) is 0 Å². The van der Waals surface area contributed by atoms with Crippen LogP contribution < -0.4 is 4.74 Å². The molecule has 2 nitrogen and oxygen atoms in total. The molecule has 1 aliphatic carbocycles. The Labute approximate surface area is 126 Å². The van der Waals surface area contributed by atoms with E-state index in [4.69, 9.17) is 16.3 Å². The van der Waals surface area contributed by atoms with Crippen LogP contribution in [0, 0.1) is 11.8 Å². The Balaban J connectivity index is 1.82. The molecule has 0 spiro atoms. The van der Waals surface area contributed by atoms with Crippen molar-refractivity contribution in [3.63, 3.8) is 0 Å². The van der Waals surface area contributed by atoms with E-state index in [2.05, 4.69) is 6.92 Å². The molecule has 0 heterocycles. The molecule has 3 heteroatoms. The van der Waals surface area contributed by atoms with Crippen LogP contribution in [-0.4, -0.2) is 5.97 Å². The van der Waals surface area contributed by atoms with Crippen LogP contribution in [0.4, 0.5) is 0 Å². The molecule has 0 aromatic heterocycles. The predicted molar refractivity (Wildman–Crippen MR) is 82.1 cm³/mol. The summed E-state index contributed by atoms with van der Waals surface area (Å²) >= 11 is 6.01. The molecule has 0 unspecified atom stereocenters. The number of rotatable bonds is 5. The number of halogens is 1. The average molecular weight is 295 g/mol. The topological polar surface area (TPSA) is 26.3 Å². The van der Waals surface area contributed by atoms with Gasteiger partial charge in [0.05, 0.1) is 10.9 Å². The summed E-state index contributed by atoms with van der Waals surface area (Å²) in [5, 5.41) is 0.498. The molecule has 0 radical (unpaired) electrons. The van der Waals surface area contributed by atoms with E-state index in [0.717, 1.165) is 31.6 Å². The van der Waals surface area contributed by atoms with Crippen LogP contribution in [0.5, 0.6) is 5.75 Å². The highest BCUT2D eigenvalue weighted by Crippen LogP contribution is 2.33. The number of ether oxygens (including phenoxy) is 1. The summed E-state index contributed by atoms with van der Waals surface area (Å²) in [6.07, 6.45) is 8.09. The van der Waals surface area contributed by atoms with Crippen molar-refractivity contribution in [3.05, 3.63) is 29.3 Å². The average Bonchev–Trinajstić information content (AvgIpc) is 2.48. The molecule has 0 atom stereocenters. The lowest BCUT2D eigenvalue weighted by atomic mass is 9.80. The third-order valence-electron chi connectivity index (χ3n) is 4.19. The standard InChI is InChI=1S/C17H23ClO2/c1-2-3-6-13-9-11-14(12-10-13)17(19)20-16-8-5-4-7-15(16)18/h4-5,7-8,13-14H,2-3,6,9-12H2,1H3. The molecule has 2 rings (SSSR count). The fourth-order valence-electron chi connectivity index (χ4n) is 2.90. The number of carbonyl (C=O) groups excluding carboxylic acids is 1. The molecular weight excluding hydrogens is 272 g/mol. The molecule has 20 heavy (non-hydrogen) atoms. The fourth-order valence-corrected chi connectivity index (χ4v) is 3.07. The van der Waals surface area contributed by atoms with Crippen molar-refractivity contribution in [2.45, 2.75) is 51.9 Å². The quantitative estimate of drug-likeness (QED) is 0.548. The Kier molecular flexibility index (Phi) is 5.90. The molecule has 1 aromatic rings. The molecule has 0 aliphatic heterocycles. The normalized spacial score (nSPS) is 22.5. The van der Waals surface area contributed by atoms with E-state index in [-0.39, 0.29) is 11.9 Å². The van der Waals surface area contributed by atoms with Gasteiger partial charge in [0.1, 0.15) is 5.75 Å². The number of para-hydroxylation sites is 1. The van der Waals surface area contributed by atoms with E-state index in [1.54, 1.807) is 12.1 Å². The Bertz CT molecular complexity index is 436. The Morgan fingerprint density at radius 1 is 1.25 bits per heavy atom. The Hall–Kier alpha value is -1.02. The van der Waals surface area contributed by atoms with Gasteiger partial charge in [-0.2, -0.15) is 0 Å². The van der Waals surface area contributed by atoms with Gasteiger partial charge < -0.3 is 4.74 Å². The zero-order chi connectivity index (χ0) is 14.4. The van der Waals surface area contributed by atoms with Crippen molar-refractivity contribution >= 4 is 17.6 Å². The zero-order valence-corrected chi connectivity index (χ0v) is 12.9. The third kappa shape index (κ3) is 4.24. The van der Waals surface area contributed by atoms with Crippen LogP contribution in [0.25, 0.3) is 0 Å². The van der Waals surface area contributed by atoms with E-state index >= 15 is 0 Å². The second-order valence-electron chi connectivity index (χ2n) is 5.71. The molecule has 1 fully saturated rings. The van der Waals surface area contributed by atoms with E-state index in [0.29, 0.717) is 10.8 Å². The lowest BCUT2D eigenvalue weighted by Gasteiger charge is -2.27. The SMILES string of the molecule is CCCCC1CCC(C(=O)Oc2ccccc2Cl)CC1. The predicted octanol–water partition coefficient (Wildman–Crippen LogP) is 5.24. The van der Waals surface area contributed by atoms with Crippen molar-refractivity contribution in [1.29, 1.82) is 0 Å². The van der Waals surface area contributed by atoms with Crippen LogP contribution in [-0.2, 0) is 4.79 Å². The van der Waals surface area contributed by atoms with Gasteiger partial charge in [-0.15, -0.1) is 0 Å². The van der Waals surface area contributed by atoms with Crippen molar-refractivity contribution in [1.82, 2.24) is 0 Å². The molecule has 1 aliphatic rings. The van der Waals surface area contributed by atoms with Gasteiger partial charge in [0.25, 0.3) is 0 Å². The number of carbonyl (C=O) groups is 1. The van der Waals surface area contributed by atoms with Crippen molar-refractivity contribution < 1.29 is 9.53 Å². The summed E-state index contributed by atoms with van der Waals surface area (Å²) in [5.41, 5.74) is 0. The molecule has 1 saturated carbocycles. The van der Waals surface area contributed by atoms with E-state index < -0.39 is 0 Å². The van der Waals surface area contributed by atoms with Gasteiger partial charge >= 0.3 is 5.97 Å². The number of esters is 1. The molecule has 110 valence electrons. The monoisotopic (exact) mass is 294 g/mol. The highest BCUT2D eigenvalue weighted by molar-refractivity contribution is 6.32. The summed E-state index contributed by atoms with van der Waals surface area (Å²) < 4.78 is 5.43. The largest absolute Gasteiger partial charge is 0.425 e. The first kappa shape index (κ1) is 15.4. The number of hydrogen-bond acceptors (Lipinski definition) is 2. The minimum absolute atomic E-state index is 0.0455. The minimum Gasteiger partial charge on any atom is -0.425 e. The van der Waals surface area contributed by atoms with Crippen LogP contribution in [0.1, 0.15) is 51.9 Å². The number of unbranched alkanes of at least 4 members (excludes halogenated alkanes) is 1. The van der Waals surface area contributed by atoms with Crippen molar-refractivity contribution in [3.8, 4) is 5.75 Å². The Morgan fingerprint density at radius 3 is 2.60 bits per heavy atom. The van der Waals surface area contributed by atoms with Gasteiger partial charge in [-0.25, -0.2) is 0 Å². The Morgan fingerprint density at radius 2 is 1.95 bits per heavy atom. The second-order valence-corrected chi connectivity index (χ2v) is 6.12. The maximum absolute atomic E-state index is 12.2. The fraction of sp³-hybridized carbons (Fsp3) is 0.588. The third-order valence-corrected chi connectivity index (χ3v) is 4.51. The van der Waals surface area contributed by atoms with E-state index in [1.807, 2.05) is 12.1 Å². The summed E-state index contributed by atoms with van der Waals surface area (Å²) in [7, 11) is 0. The first-order valence-electron chi connectivity index (χ1n) is 7.67. The summed E-state index contributed by atoms with van der Waals surface area (Å²) in [6.45, 7) is 2.23. The smallest absolute Gasteiger partial charge is 0.314 e. The number of hydrogen-bond donors (Lipinski definition) is 0. The molecular formula is C17H23ClO2. The summed E-state index contributed by atoms with van der Waals surface area (Å²) in [6, 6.07) is 7.15. The molecule has 0 bridgehead atoms. The summed E-state index contributed by atoms with van der Waals surface area (Å²) in [5.74, 6) is 1.21. The maximum Gasteiger partial charge on any atom is 0.314 e. The molecule has 0 amide bonds. The van der Waals surface area contributed by atoms with Crippen LogP contribution in [0.2, 0.25) is 5.02 Å². The van der Waals surface area contributed by atoms with Crippen LogP contribution >= 0.6 is 11.6 Å². The van der Waals surface area contributed by atoms with Crippen molar-refractivity contribution in [2.75, 3.05) is 0 Å². The lowest BCUT2D eigenvalue weighted by molar-refractivity contribution is -0.140. The van der Waals surface area contributed by atoms with Crippen molar-refractivity contribution in [2.24, 2.45) is 11.8 Å². The van der Waals surface area contributed by atoms with E-state index in [1.165, 1.54) is 19.3 Å². The van der Waals surface area contributed by atoms with Gasteiger partial charge in [-0.1, -0.05) is 49.9 Å². The zero-order valence-electron chi connectivity index (χ0n) is 12.1. The van der Waals surface area contributed by atoms with Gasteiger partial charge in [-0.3, -0.25) is 4.79 Å². The van der Waals surface area contributed by atoms with Crippen LogP contribution in [0.3, 0.4) is 0 Å². The van der Waals surface area contributed by atoms with Crippen LogP contribution in [0.15, 0.2) is 24.3 Å². The second kappa shape index (κ2) is 7.68. The van der Waals surface area contributed by atoms with Gasteiger partial charge in [-0.05, 0) is 43.7 Å². The van der Waals surface area contributed by atoms with E-state index in [9.17, 15) is 4.79 Å². The highest BCUT2D eigenvalue weighted by atomic mass is 35.5. The first-order valence-corrected chi connectivity index (χ1v) is 8.04. The minimum atomic E-state index is -0.118. The van der Waals surface area contributed by atoms with Gasteiger partial charge in [0.15, 0.2) is 0 Å². The molecule has 1 aromatic carbocycles. The lowest BCUT2D eigenvalue weighted by Crippen LogP contribution is -2.25. The highest BCUT2D eigenvalue weighted by Gasteiger charge is 2.27. The summed E-state index contributed by atoms with van der Waals surface area (Å²) in [4.78, 5) is 12.2. The maximum atomic E-state index is 12.2.